The van der Waals surface area contributed by atoms with E-state index in [1.165, 1.54) is 6.92 Å². The number of aliphatic hydroxyl groups is 5. The molecular formula is C20H29BrN2O6. The van der Waals surface area contributed by atoms with Gasteiger partial charge in [-0.15, -0.1) is 0 Å². The van der Waals surface area contributed by atoms with E-state index in [2.05, 4.69) is 15.9 Å². The van der Waals surface area contributed by atoms with E-state index in [-0.39, 0.29) is 18.7 Å². The van der Waals surface area contributed by atoms with Crippen LogP contribution in [0.25, 0.3) is 5.57 Å². The highest BCUT2D eigenvalue weighted by atomic mass is 79.9. The molecule has 0 radical (unpaired) electrons. The molecule has 0 aromatic heterocycles. The fraction of sp³-hybridized carbons (Fsp3) is 0.550. The molecule has 0 bridgehead atoms. The van der Waals surface area contributed by atoms with Crippen molar-refractivity contribution in [3.63, 3.8) is 0 Å². The van der Waals surface area contributed by atoms with E-state index in [0.717, 1.165) is 11.1 Å². The van der Waals surface area contributed by atoms with Crippen molar-refractivity contribution in [2.24, 2.45) is 0 Å². The lowest BCUT2D eigenvalue weighted by atomic mass is 9.85. The highest BCUT2D eigenvalue weighted by Crippen LogP contribution is 2.43. The van der Waals surface area contributed by atoms with E-state index in [1.54, 1.807) is 12.1 Å². The molecule has 0 saturated carbocycles. The van der Waals surface area contributed by atoms with Crippen molar-refractivity contribution in [3.05, 3.63) is 28.2 Å². The van der Waals surface area contributed by atoms with E-state index in [4.69, 9.17) is 10.8 Å². The van der Waals surface area contributed by atoms with Crippen molar-refractivity contribution in [3.8, 4) is 0 Å². The van der Waals surface area contributed by atoms with Gasteiger partial charge in [-0.2, -0.15) is 0 Å². The number of allylic oxidation sites excluding steroid dienone is 1. The largest absolute Gasteiger partial charge is 0.398 e. The minimum atomic E-state index is -1.70. The minimum absolute atomic E-state index is 0.00418. The Morgan fingerprint density at radius 2 is 1.76 bits per heavy atom. The van der Waals surface area contributed by atoms with Crippen LogP contribution in [0.4, 0.5) is 11.4 Å². The highest BCUT2D eigenvalue weighted by molar-refractivity contribution is 9.10. The zero-order valence-electron chi connectivity index (χ0n) is 16.7. The van der Waals surface area contributed by atoms with Gasteiger partial charge in [0.1, 0.15) is 24.1 Å². The molecule has 0 fully saturated rings. The van der Waals surface area contributed by atoms with E-state index >= 15 is 0 Å². The fourth-order valence-corrected chi connectivity index (χ4v) is 3.89. The van der Waals surface area contributed by atoms with Crippen molar-refractivity contribution in [1.29, 1.82) is 0 Å². The average molecular weight is 473 g/mol. The van der Waals surface area contributed by atoms with Crippen LogP contribution in [0.15, 0.2) is 22.7 Å². The van der Waals surface area contributed by atoms with E-state index in [1.807, 2.05) is 24.8 Å². The Labute approximate surface area is 178 Å². The number of benzene rings is 1. The maximum Gasteiger partial charge on any atom is 0.134 e. The number of fused-ring (bicyclic) bond motifs is 1. The van der Waals surface area contributed by atoms with Gasteiger partial charge in [-0.05, 0) is 54.4 Å². The maximum atomic E-state index is 11.8. The maximum absolute atomic E-state index is 11.8. The first-order valence-electron chi connectivity index (χ1n) is 9.30. The van der Waals surface area contributed by atoms with Gasteiger partial charge in [0.25, 0.3) is 0 Å². The smallest absolute Gasteiger partial charge is 0.134 e. The predicted molar refractivity (Wildman–Crippen MR) is 114 cm³/mol. The molecule has 0 aliphatic carbocycles. The predicted octanol–water partition coefficient (Wildman–Crippen LogP) is 0.428. The molecule has 2 rings (SSSR count). The van der Waals surface area contributed by atoms with Crippen LogP contribution in [-0.4, -0.2) is 74.4 Å². The van der Waals surface area contributed by atoms with Crippen LogP contribution < -0.4 is 10.6 Å². The fourth-order valence-electron chi connectivity index (χ4n) is 3.56. The summed E-state index contributed by atoms with van der Waals surface area (Å²) in [6, 6.07) is 3.54. The number of carbonyl (C=O) groups is 1. The number of hydrogen-bond acceptors (Lipinski definition) is 8. The van der Waals surface area contributed by atoms with Crippen LogP contribution in [0.1, 0.15) is 32.8 Å². The number of aliphatic hydroxyl groups excluding tert-OH is 5. The van der Waals surface area contributed by atoms with E-state index in [0.29, 0.717) is 15.8 Å². The quantitative estimate of drug-likeness (QED) is 0.298. The van der Waals surface area contributed by atoms with Crippen LogP contribution in [0, 0.1) is 0 Å². The Hall–Kier alpha value is -1.49. The van der Waals surface area contributed by atoms with Gasteiger partial charge in [0.15, 0.2) is 0 Å². The Morgan fingerprint density at radius 3 is 2.31 bits per heavy atom. The van der Waals surface area contributed by atoms with Gasteiger partial charge in [-0.25, -0.2) is 0 Å². The Balaban J connectivity index is 2.44. The molecule has 9 heteroatoms. The Morgan fingerprint density at radius 1 is 1.17 bits per heavy atom. The number of halogens is 1. The molecule has 7 N–H and O–H groups in total. The molecule has 4 atom stereocenters. The molecule has 1 aromatic carbocycles. The summed E-state index contributed by atoms with van der Waals surface area (Å²) in [5.41, 5.74) is 8.18. The second-order valence-electron chi connectivity index (χ2n) is 8.00. The zero-order valence-corrected chi connectivity index (χ0v) is 18.3. The first kappa shape index (κ1) is 23.8. The second kappa shape index (κ2) is 9.11. The van der Waals surface area contributed by atoms with Crippen molar-refractivity contribution < 1.29 is 30.3 Å². The van der Waals surface area contributed by atoms with Crippen LogP contribution in [0.5, 0.6) is 0 Å². The van der Waals surface area contributed by atoms with Crippen molar-refractivity contribution in [1.82, 2.24) is 0 Å². The number of carbonyl (C=O) groups excluding carboxylic acids is 1. The molecule has 0 spiro atoms. The SMILES string of the molecule is CC(=O)CC1=CC(C)(C)N(CC(O)C(O)C(O)C(O)CO)c2cc(Br)c(N)cc21. The highest BCUT2D eigenvalue weighted by Gasteiger charge is 2.37. The number of β-amino-alcohol motifs (C(OH)–C–C–N with tert-alkyl or cyclic N) is 1. The number of hydrogen-bond donors (Lipinski definition) is 6. The lowest BCUT2D eigenvalue weighted by molar-refractivity contribution is -0.116. The molecule has 1 heterocycles. The third-order valence-electron chi connectivity index (χ3n) is 5.11. The number of nitrogens with zero attached hydrogens (tertiary/aromatic N) is 1. The second-order valence-corrected chi connectivity index (χ2v) is 8.86. The molecule has 1 aromatic rings. The molecule has 162 valence electrons. The summed E-state index contributed by atoms with van der Waals surface area (Å²) in [5.74, 6) is 0.00418. The molecule has 4 unspecified atom stereocenters. The molecule has 29 heavy (non-hydrogen) atoms. The molecular weight excluding hydrogens is 444 g/mol. The van der Waals surface area contributed by atoms with Crippen molar-refractivity contribution in [2.75, 3.05) is 23.8 Å². The zero-order chi connectivity index (χ0) is 22.1. The summed E-state index contributed by atoms with van der Waals surface area (Å²) in [5, 5.41) is 49.2. The monoisotopic (exact) mass is 472 g/mol. The first-order chi connectivity index (χ1) is 13.4. The number of rotatable bonds is 8. The van der Waals surface area contributed by atoms with Gasteiger partial charge in [0.05, 0.1) is 18.2 Å². The first-order valence-corrected chi connectivity index (χ1v) is 10.1. The van der Waals surface area contributed by atoms with Gasteiger partial charge in [0.2, 0.25) is 0 Å². The summed E-state index contributed by atoms with van der Waals surface area (Å²) in [6.45, 7) is 4.50. The van der Waals surface area contributed by atoms with Crippen LogP contribution >= 0.6 is 15.9 Å². The number of Topliss-reactive ketones (excluding diaryl/α,β-unsaturated/α-hetero) is 1. The standard InChI is InChI=1S/C20H29BrN2O6/c1-10(25)4-11-7-20(2,3)23(15-6-13(21)14(22)5-12(11)15)8-16(26)18(28)19(29)17(27)9-24/h5-7,16-19,24,26-29H,4,8-9,22H2,1-3H3. The summed E-state index contributed by atoms with van der Waals surface area (Å²) < 4.78 is 0.645. The van der Waals surface area contributed by atoms with Gasteiger partial charge in [0, 0.05) is 34.4 Å². The number of nitrogens with two attached hydrogens (primary N) is 1. The summed E-state index contributed by atoms with van der Waals surface area (Å²) >= 11 is 3.41. The Bertz CT molecular complexity index is 797. The van der Waals surface area contributed by atoms with Gasteiger partial charge in [-0.1, -0.05) is 6.08 Å². The molecule has 1 aliphatic rings. The summed E-state index contributed by atoms with van der Waals surface area (Å²) in [7, 11) is 0. The summed E-state index contributed by atoms with van der Waals surface area (Å²) in [4.78, 5) is 13.6. The number of ketones is 1. The molecule has 0 amide bonds. The summed E-state index contributed by atoms with van der Waals surface area (Å²) in [6.07, 6.45) is -4.21. The normalized spacial score (nSPS) is 19.8. The van der Waals surface area contributed by atoms with Crippen LogP contribution in [-0.2, 0) is 4.79 Å². The molecule has 0 saturated heterocycles. The topological polar surface area (TPSA) is 147 Å². The van der Waals surface area contributed by atoms with Crippen LogP contribution in [0.3, 0.4) is 0 Å². The van der Waals surface area contributed by atoms with E-state index in [9.17, 15) is 25.2 Å². The lowest BCUT2D eigenvalue weighted by Gasteiger charge is -2.45. The minimum Gasteiger partial charge on any atom is -0.398 e. The van der Waals surface area contributed by atoms with Gasteiger partial charge >= 0.3 is 0 Å². The van der Waals surface area contributed by atoms with E-state index < -0.39 is 36.6 Å². The number of nitrogen functional groups attached to an aromatic ring is 1. The molecule has 8 nitrogen and oxygen atoms in total. The third kappa shape index (κ3) is 5.17. The Kier molecular flexibility index (Phi) is 7.47. The van der Waals surface area contributed by atoms with Gasteiger partial charge < -0.3 is 36.2 Å². The number of anilines is 2. The van der Waals surface area contributed by atoms with Crippen molar-refractivity contribution in [2.45, 2.75) is 57.1 Å². The van der Waals surface area contributed by atoms with Crippen LogP contribution in [0.2, 0.25) is 0 Å². The average Bonchev–Trinajstić information content (AvgIpc) is 2.63. The molecule has 1 aliphatic heterocycles. The third-order valence-corrected chi connectivity index (χ3v) is 5.80. The lowest BCUT2D eigenvalue weighted by Crippen LogP contribution is -2.54. The van der Waals surface area contributed by atoms with Crippen molar-refractivity contribution >= 4 is 38.7 Å². The van der Waals surface area contributed by atoms with Gasteiger partial charge in [-0.3, -0.25) is 4.79 Å².